The van der Waals surface area contributed by atoms with Gasteiger partial charge in [0.1, 0.15) is 11.6 Å². The topological polar surface area (TPSA) is 62.3 Å². The van der Waals surface area contributed by atoms with Gasteiger partial charge in [-0.15, -0.1) is 24.8 Å². The molecule has 4 rings (SSSR count). The molecule has 1 atom stereocenters. The molecule has 8 heteroatoms. The standard InChI is InChI=1S/C20H33N5O.2ClH/c1-26-12-9-22-20-17-6-10-25(16-3-2-8-21-14-16)11-7-18(17)23-19(24-20)13-15-4-5-15;;/h15-16,21H,2-14H2,1H3,(H,22,23,24);2*1H. The van der Waals surface area contributed by atoms with Crippen molar-refractivity contribution in [1.29, 1.82) is 0 Å². The van der Waals surface area contributed by atoms with Gasteiger partial charge in [0, 0.05) is 57.7 Å². The quantitative estimate of drug-likeness (QED) is 0.646. The molecular weight excluding hydrogens is 397 g/mol. The lowest BCUT2D eigenvalue weighted by atomic mass is 10.1. The highest BCUT2D eigenvalue weighted by molar-refractivity contribution is 5.85. The van der Waals surface area contributed by atoms with Crippen LogP contribution in [0.15, 0.2) is 0 Å². The Bertz CT molecular complexity index is 609. The minimum Gasteiger partial charge on any atom is -0.383 e. The van der Waals surface area contributed by atoms with Gasteiger partial charge in [-0.25, -0.2) is 9.97 Å². The Balaban J connectivity index is 0.00000140. The van der Waals surface area contributed by atoms with E-state index >= 15 is 0 Å². The van der Waals surface area contributed by atoms with E-state index in [0.717, 1.165) is 63.0 Å². The number of nitrogens with zero attached hydrogens (tertiary/aromatic N) is 3. The Labute approximate surface area is 181 Å². The number of rotatable bonds is 7. The predicted molar refractivity (Wildman–Crippen MR) is 118 cm³/mol. The monoisotopic (exact) mass is 431 g/mol. The fraction of sp³-hybridized carbons (Fsp3) is 0.800. The van der Waals surface area contributed by atoms with Gasteiger partial charge in [0.05, 0.1) is 12.3 Å². The summed E-state index contributed by atoms with van der Waals surface area (Å²) in [7, 11) is 1.75. The van der Waals surface area contributed by atoms with Crippen LogP contribution in [-0.2, 0) is 24.0 Å². The molecule has 3 heterocycles. The van der Waals surface area contributed by atoms with Crippen molar-refractivity contribution in [3.8, 4) is 0 Å². The van der Waals surface area contributed by atoms with Crippen LogP contribution in [0.2, 0.25) is 0 Å². The molecule has 28 heavy (non-hydrogen) atoms. The van der Waals surface area contributed by atoms with Gasteiger partial charge in [-0.3, -0.25) is 4.90 Å². The fourth-order valence-electron chi connectivity index (χ4n) is 4.27. The molecule has 2 aliphatic heterocycles. The molecule has 0 amide bonds. The van der Waals surface area contributed by atoms with E-state index in [-0.39, 0.29) is 24.8 Å². The van der Waals surface area contributed by atoms with Gasteiger partial charge in [0.2, 0.25) is 0 Å². The molecule has 0 bridgehead atoms. The highest BCUT2D eigenvalue weighted by Gasteiger charge is 2.27. The highest BCUT2D eigenvalue weighted by atomic mass is 35.5. The molecule has 3 aliphatic rings. The SMILES string of the molecule is COCCNc1nc(CC2CC2)nc2c1CCN(C1CCCNC1)CC2.Cl.Cl. The van der Waals surface area contributed by atoms with E-state index in [1.807, 2.05) is 0 Å². The molecule has 1 aromatic rings. The van der Waals surface area contributed by atoms with Crippen molar-refractivity contribution in [3.63, 3.8) is 0 Å². The van der Waals surface area contributed by atoms with Crippen LogP contribution in [0.5, 0.6) is 0 Å². The molecule has 0 spiro atoms. The third kappa shape index (κ3) is 6.17. The number of ether oxygens (including phenoxy) is 1. The number of hydrogen-bond acceptors (Lipinski definition) is 6. The summed E-state index contributed by atoms with van der Waals surface area (Å²) < 4.78 is 5.21. The molecule has 160 valence electrons. The smallest absolute Gasteiger partial charge is 0.133 e. The Morgan fingerprint density at radius 2 is 1.96 bits per heavy atom. The van der Waals surface area contributed by atoms with Crippen LogP contribution in [0, 0.1) is 5.92 Å². The van der Waals surface area contributed by atoms with Crippen molar-refractivity contribution in [2.75, 3.05) is 51.8 Å². The number of fused-ring (bicyclic) bond motifs is 1. The Kier molecular flexibility index (Phi) is 9.71. The van der Waals surface area contributed by atoms with Gasteiger partial charge in [0.25, 0.3) is 0 Å². The molecule has 0 radical (unpaired) electrons. The second kappa shape index (κ2) is 11.5. The van der Waals surface area contributed by atoms with E-state index in [2.05, 4.69) is 15.5 Å². The third-order valence-electron chi connectivity index (χ3n) is 5.98. The van der Waals surface area contributed by atoms with Crippen LogP contribution in [0.25, 0.3) is 0 Å². The van der Waals surface area contributed by atoms with Crippen LogP contribution >= 0.6 is 24.8 Å². The molecule has 1 saturated carbocycles. The summed E-state index contributed by atoms with van der Waals surface area (Å²) in [5.74, 6) is 2.92. The summed E-state index contributed by atoms with van der Waals surface area (Å²) in [5.41, 5.74) is 2.62. The lowest BCUT2D eigenvalue weighted by molar-refractivity contribution is 0.173. The molecule has 1 aromatic heterocycles. The molecule has 2 N–H and O–H groups in total. The first kappa shape index (κ1) is 23.6. The second-order valence-electron chi connectivity index (χ2n) is 8.02. The van der Waals surface area contributed by atoms with Gasteiger partial charge >= 0.3 is 0 Å². The summed E-state index contributed by atoms with van der Waals surface area (Å²) in [5, 5.41) is 7.08. The number of piperidine rings is 1. The lowest BCUT2D eigenvalue weighted by Gasteiger charge is -2.33. The molecule has 0 aromatic carbocycles. The van der Waals surface area contributed by atoms with Crippen LogP contribution in [0.4, 0.5) is 5.82 Å². The summed E-state index contributed by atoms with van der Waals surface area (Å²) >= 11 is 0. The Morgan fingerprint density at radius 1 is 1.14 bits per heavy atom. The van der Waals surface area contributed by atoms with Crippen molar-refractivity contribution in [2.45, 2.75) is 51.0 Å². The zero-order valence-electron chi connectivity index (χ0n) is 16.9. The van der Waals surface area contributed by atoms with Crippen LogP contribution in [-0.4, -0.2) is 67.4 Å². The van der Waals surface area contributed by atoms with Gasteiger partial charge in [-0.1, -0.05) is 0 Å². The van der Waals surface area contributed by atoms with E-state index in [9.17, 15) is 0 Å². The van der Waals surface area contributed by atoms with Crippen LogP contribution < -0.4 is 10.6 Å². The van der Waals surface area contributed by atoms with E-state index in [1.165, 1.54) is 43.5 Å². The van der Waals surface area contributed by atoms with Crippen molar-refractivity contribution in [1.82, 2.24) is 20.2 Å². The zero-order valence-corrected chi connectivity index (χ0v) is 18.5. The van der Waals surface area contributed by atoms with Crippen molar-refractivity contribution >= 4 is 30.6 Å². The van der Waals surface area contributed by atoms with E-state index in [4.69, 9.17) is 14.7 Å². The zero-order chi connectivity index (χ0) is 17.8. The van der Waals surface area contributed by atoms with Gasteiger partial charge in [0.15, 0.2) is 0 Å². The Hall–Kier alpha value is -0.660. The van der Waals surface area contributed by atoms with E-state index in [1.54, 1.807) is 7.11 Å². The van der Waals surface area contributed by atoms with Crippen molar-refractivity contribution in [3.05, 3.63) is 17.1 Å². The number of methoxy groups -OCH3 is 1. The minimum absolute atomic E-state index is 0. The average Bonchev–Trinajstić information content (AvgIpc) is 3.49. The molecule has 6 nitrogen and oxygen atoms in total. The number of aromatic nitrogens is 2. The van der Waals surface area contributed by atoms with E-state index in [0.29, 0.717) is 12.6 Å². The van der Waals surface area contributed by atoms with Crippen LogP contribution in [0.3, 0.4) is 0 Å². The van der Waals surface area contributed by atoms with Gasteiger partial charge < -0.3 is 15.4 Å². The van der Waals surface area contributed by atoms with Crippen molar-refractivity contribution < 1.29 is 4.74 Å². The first-order valence-electron chi connectivity index (χ1n) is 10.4. The predicted octanol–water partition coefficient (Wildman–Crippen LogP) is 2.48. The number of hydrogen-bond donors (Lipinski definition) is 2. The summed E-state index contributed by atoms with van der Waals surface area (Å²) in [6, 6.07) is 0.682. The maximum Gasteiger partial charge on any atom is 0.133 e. The fourth-order valence-corrected chi connectivity index (χ4v) is 4.27. The second-order valence-corrected chi connectivity index (χ2v) is 8.02. The first-order valence-corrected chi connectivity index (χ1v) is 10.4. The number of halogens is 2. The molecular formula is C20H35Cl2N5O. The van der Waals surface area contributed by atoms with Gasteiger partial charge in [-0.2, -0.15) is 0 Å². The maximum absolute atomic E-state index is 5.21. The first-order chi connectivity index (χ1) is 12.8. The van der Waals surface area contributed by atoms with Crippen LogP contribution in [0.1, 0.15) is 42.8 Å². The molecule has 1 aliphatic carbocycles. The van der Waals surface area contributed by atoms with Crippen molar-refractivity contribution in [2.24, 2.45) is 5.92 Å². The summed E-state index contributed by atoms with van der Waals surface area (Å²) in [6.07, 6.45) is 8.44. The number of anilines is 1. The average molecular weight is 432 g/mol. The molecule has 2 fully saturated rings. The molecule has 1 unspecified atom stereocenters. The number of nitrogens with one attached hydrogen (secondary N) is 2. The third-order valence-corrected chi connectivity index (χ3v) is 5.98. The largest absolute Gasteiger partial charge is 0.383 e. The lowest BCUT2D eigenvalue weighted by Crippen LogP contribution is -2.46. The normalized spacial score (nSPS) is 22.4. The maximum atomic E-state index is 5.21. The van der Waals surface area contributed by atoms with Gasteiger partial charge in [-0.05, 0) is 44.6 Å². The molecule has 1 saturated heterocycles. The summed E-state index contributed by atoms with van der Waals surface area (Å²) in [6.45, 7) is 6.05. The van der Waals surface area contributed by atoms with E-state index < -0.39 is 0 Å². The minimum atomic E-state index is 0. The Morgan fingerprint density at radius 3 is 2.68 bits per heavy atom. The highest BCUT2D eigenvalue weighted by Crippen LogP contribution is 2.33. The summed E-state index contributed by atoms with van der Waals surface area (Å²) in [4.78, 5) is 12.6.